The van der Waals surface area contributed by atoms with Crippen molar-refractivity contribution in [3.8, 4) is 5.75 Å². The van der Waals surface area contributed by atoms with Crippen LogP contribution < -0.4 is 10.1 Å². The maximum absolute atomic E-state index is 12.7. The Bertz CT molecular complexity index is 786. The molecule has 0 saturated carbocycles. The molecule has 0 spiro atoms. The van der Waals surface area contributed by atoms with E-state index in [0.29, 0.717) is 35.2 Å². The average molecular weight is 382 g/mol. The summed E-state index contributed by atoms with van der Waals surface area (Å²) in [5, 5.41) is 12.0. The molecule has 0 saturated heterocycles. The normalized spacial score (nSPS) is 10.6. The van der Waals surface area contributed by atoms with Gasteiger partial charge in [0.1, 0.15) is 18.8 Å². The Morgan fingerprint density at radius 1 is 1.31 bits per heavy atom. The summed E-state index contributed by atoms with van der Waals surface area (Å²) in [6, 6.07) is 4.96. The van der Waals surface area contributed by atoms with Gasteiger partial charge in [-0.2, -0.15) is 0 Å². The summed E-state index contributed by atoms with van der Waals surface area (Å²) in [5.74, 6) is -1.17. The average Bonchev–Trinajstić information content (AvgIpc) is 2.93. The van der Waals surface area contributed by atoms with Gasteiger partial charge < -0.3 is 24.3 Å². The van der Waals surface area contributed by atoms with Gasteiger partial charge in [-0.15, -0.1) is 0 Å². The fourth-order valence-electron chi connectivity index (χ4n) is 2.36. The van der Waals surface area contributed by atoms with Crippen LogP contribution in [0.4, 0.5) is 5.69 Å². The van der Waals surface area contributed by atoms with E-state index in [9.17, 15) is 9.59 Å². The van der Waals surface area contributed by atoms with E-state index in [1.807, 2.05) is 6.92 Å². The zero-order valence-corrected chi connectivity index (χ0v) is 15.3. The van der Waals surface area contributed by atoms with Crippen LogP contribution in [-0.2, 0) is 16.0 Å². The molecular formula is C18H20ClNO6. The Labute approximate surface area is 155 Å². The lowest BCUT2D eigenvalue weighted by Crippen LogP contribution is -2.17. The highest BCUT2D eigenvalue weighted by molar-refractivity contribution is 6.32. The second-order valence-electron chi connectivity index (χ2n) is 5.40. The quantitative estimate of drug-likeness (QED) is 0.645. The van der Waals surface area contributed by atoms with Crippen LogP contribution in [0.2, 0.25) is 5.02 Å². The number of aryl methyl sites for hydroxylation is 1. The molecule has 2 N–H and O–H groups in total. The molecule has 0 aliphatic carbocycles. The first-order chi connectivity index (χ1) is 12.4. The van der Waals surface area contributed by atoms with Crippen LogP contribution in [-0.4, -0.2) is 36.8 Å². The number of amides is 1. The highest BCUT2D eigenvalue weighted by Crippen LogP contribution is 2.33. The molecule has 0 fully saturated rings. The molecule has 0 aliphatic rings. The van der Waals surface area contributed by atoms with Gasteiger partial charge in [0.25, 0.3) is 5.91 Å². The van der Waals surface area contributed by atoms with Crippen LogP contribution in [0.15, 0.2) is 28.9 Å². The third kappa shape index (κ3) is 5.00. The first kappa shape index (κ1) is 19.8. The van der Waals surface area contributed by atoms with Gasteiger partial charge in [-0.1, -0.05) is 17.7 Å². The summed E-state index contributed by atoms with van der Waals surface area (Å²) in [6.07, 6.45) is 0.967. The van der Waals surface area contributed by atoms with Gasteiger partial charge in [0.2, 0.25) is 0 Å². The lowest BCUT2D eigenvalue weighted by Gasteiger charge is -2.14. The molecule has 0 aliphatic heterocycles. The van der Waals surface area contributed by atoms with Gasteiger partial charge >= 0.3 is 5.97 Å². The van der Waals surface area contributed by atoms with Gasteiger partial charge in [-0.3, -0.25) is 9.59 Å². The number of halogens is 1. The number of carbonyl (C=O) groups excluding carboxylic acids is 1. The molecule has 0 bridgehead atoms. The lowest BCUT2D eigenvalue weighted by atomic mass is 10.1. The van der Waals surface area contributed by atoms with Crippen molar-refractivity contribution >= 4 is 29.2 Å². The van der Waals surface area contributed by atoms with Crippen LogP contribution in [0.1, 0.15) is 28.6 Å². The van der Waals surface area contributed by atoms with Gasteiger partial charge in [0.05, 0.1) is 29.1 Å². The highest BCUT2D eigenvalue weighted by atomic mass is 35.5. The fourth-order valence-corrected chi connectivity index (χ4v) is 2.59. The largest absolute Gasteiger partial charge is 0.487 e. The molecule has 8 heteroatoms. The van der Waals surface area contributed by atoms with E-state index in [4.69, 9.17) is 30.6 Å². The van der Waals surface area contributed by atoms with E-state index < -0.39 is 11.9 Å². The van der Waals surface area contributed by atoms with Crippen molar-refractivity contribution in [1.82, 2.24) is 0 Å². The number of furan rings is 1. The standard InChI is InChI=1S/C18H20ClNO6/c1-3-24-7-8-25-17-12(19)5-4-6-13(17)20-18(23)16-11(2)10-26-14(16)9-15(21)22/h4-6,10H,3,7-9H2,1-2H3,(H,20,23)(H,21,22). The maximum atomic E-state index is 12.7. The molecule has 7 nitrogen and oxygen atoms in total. The minimum Gasteiger partial charge on any atom is -0.487 e. The van der Waals surface area contributed by atoms with Crippen LogP contribution in [0.3, 0.4) is 0 Å². The number of rotatable bonds is 9. The minimum absolute atomic E-state index is 0.0911. The van der Waals surface area contributed by atoms with Gasteiger partial charge in [-0.25, -0.2) is 0 Å². The van der Waals surface area contributed by atoms with Crippen molar-refractivity contribution in [1.29, 1.82) is 0 Å². The summed E-state index contributed by atoms with van der Waals surface area (Å²) >= 11 is 6.17. The number of nitrogens with one attached hydrogen (secondary N) is 1. The summed E-state index contributed by atoms with van der Waals surface area (Å²) in [7, 11) is 0. The topological polar surface area (TPSA) is 98.0 Å². The number of hydrogen-bond donors (Lipinski definition) is 2. The molecule has 0 unspecified atom stereocenters. The van der Waals surface area contributed by atoms with E-state index in [1.165, 1.54) is 6.26 Å². The molecular weight excluding hydrogens is 362 g/mol. The monoisotopic (exact) mass is 381 g/mol. The van der Waals surface area contributed by atoms with E-state index in [2.05, 4.69) is 5.32 Å². The van der Waals surface area contributed by atoms with Crippen molar-refractivity contribution in [2.45, 2.75) is 20.3 Å². The van der Waals surface area contributed by atoms with Crippen LogP contribution in [0, 0.1) is 6.92 Å². The van der Waals surface area contributed by atoms with Gasteiger partial charge in [-0.05, 0) is 26.0 Å². The first-order valence-corrected chi connectivity index (χ1v) is 8.41. The summed E-state index contributed by atoms with van der Waals surface area (Å²) in [4.78, 5) is 23.6. The molecule has 2 rings (SSSR count). The number of aliphatic carboxylic acids is 1. The number of hydrogen-bond acceptors (Lipinski definition) is 5. The Kier molecular flexibility index (Phi) is 7.06. The second-order valence-corrected chi connectivity index (χ2v) is 5.81. The Balaban J connectivity index is 2.20. The van der Waals surface area contributed by atoms with Crippen molar-refractivity contribution in [3.63, 3.8) is 0 Å². The molecule has 1 amide bonds. The third-order valence-electron chi connectivity index (χ3n) is 3.48. The van der Waals surface area contributed by atoms with E-state index in [-0.39, 0.29) is 24.4 Å². The van der Waals surface area contributed by atoms with E-state index >= 15 is 0 Å². The Morgan fingerprint density at radius 3 is 2.77 bits per heavy atom. The third-order valence-corrected chi connectivity index (χ3v) is 3.78. The number of carbonyl (C=O) groups is 2. The predicted molar refractivity (Wildman–Crippen MR) is 96.2 cm³/mol. The maximum Gasteiger partial charge on any atom is 0.311 e. The Morgan fingerprint density at radius 2 is 2.08 bits per heavy atom. The van der Waals surface area contributed by atoms with Gasteiger partial charge in [0, 0.05) is 12.2 Å². The van der Waals surface area contributed by atoms with Gasteiger partial charge in [0.15, 0.2) is 5.75 Å². The zero-order chi connectivity index (χ0) is 19.1. The Hall–Kier alpha value is -2.51. The number of ether oxygens (including phenoxy) is 2. The van der Waals surface area contributed by atoms with Crippen molar-refractivity contribution in [2.75, 3.05) is 25.1 Å². The van der Waals surface area contributed by atoms with E-state index in [1.54, 1.807) is 25.1 Å². The summed E-state index contributed by atoms with van der Waals surface area (Å²) < 4.78 is 16.0. The molecule has 1 heterocycles. The van der Waals surface area contributed by atoms with Crippen molar-refractivity contribution in [3.05, 3.63) is 46.4 Å². The summed E-state index contributed by atoms with van der Waals surface area (Å²) in [5.41, 5.74) is 1.10. The number of carboxylic acid groups (broad SMARTS) is 1. The minimum atomic E-state index is -1.09. The number of para-hydroxylation sites is 1. The highest BCUT2D eigenvalue weighted by Gasteiger charge is 2.22. The SMILES string of the molecule is CCOCCOc1c(Cl)cccc1NC(=O)c1c(C)coc1CC(=O)O. The summed E-state index contributed by atoms with van der Waals surface area (Å²) in [6.45, 7) is 4.78. The molecule has 140 valence electrons. The van der Waals surface area contributed by atoms with Crippen molar-refractivity contribution in [2.24, 2.45) is 0 Å². The molecule has 1 aromatic carbocycles. The number of anilines is 1. The smallest absolute Gasteiger partial charge is 0.311 e. The number of carboxylic acids is 1. The van der Waals surface area contributed by atoms with Crippen LogP contribution >= 0.6 is 11.6 Å². The number of benzene rings is 1. The molecule has 26 heavy (non-hydrogen) atoms. The zero-order valence-electron chi connectivity index (χ0n) is 14.5. The second kappa shape index (κ2) is 9.26. The molecule has 0 radical (unpaired) electrons. The molecule has 1 aromatic heterocycles. The van der Waals surface area contributed by atoms with Crippen molar-refractivity contribution < 1.29 is 28.6 Å². The predicted octanol–water partition coefficient (Wildman–Crippen LogP) is 3.54. The molecule has 0 atom stereocenters. The fraction of sp³-hybridized carbons (Fsp3) is 0.333. The van der Waals surface area contributed by atoms with Crippen LogP contribution in [0.25, 0.3) is 0 Å². The first-order valence-electron chi connectivity index (χ1n) is 8.03. The molecule has 2 aromatic rings. The lowest BCUT2D eigenvalue weighted by molar-refractivity contribution is -0.136. The van der Waals surface area contributed by atoms with E-state index in [0.717, 1.165) is 0 Å². The van der Waals surface area contributed by atoms with Crippen LogP contribution in [0.5, 0.6) is 5.75 Å².